The van der Waals surface area contributed by atoms with Gasteiger partial charge < -0.3 is 9.47 Å². The number of ketones is 1. The molecule has 6 heteroatoms. The van der Waals surface area contributed by atoms with Crippen LogP contribution in [0.5, 0.6) is 0 Å². The van der Waals surface area contributed by atoms with E-state index in [2.05, 4.69) is 0 Å². The summed E-state index contributed by atoms with van der Waals surface area (Å²) in [6, 6.07) is 6.62. The zero-order valence-electron chi connectivity index (χ0n) is 13.6. The van der Waals surface area contributed by atoms with Gasteiger partial charge in [0.1, 0.15) is 6.10 Å². The van der Waals surface area contributed by atoms with Crippen LogP contribution in [0.3, 0.4) is 0 Å². The fraction of sp³-hybridized carbons (Fsp3) is 0.471. The molecule has 0 unspecified atom stereocenters. The number of carbonyl (C=O) groups excluding carboxylic acids is 1. The number of hydrogen-bond acceptors (Lipinski definition) is 5. The minimum absolute atomic E-state index is 0.0519. The van der Waals surface area contributed by atoms with Crippen LogP contribution in [0.25, 0.3) is 0 Å². The second kappa shape index (κ2) is 6.95. The molecule has 0 radical (unpaired) electrons. The van der Waals surface area contributed by atoms with E-state index in [0.29, 0.717) is 6.61 Å². The molecule has 0 saturated carbocycles. The molecule has 0 aliphatic carbocycles. The number of hydrogen-bond donors (Lipinski definition) is 0. The second-order valence-electron chi connectivity index (χ2n) is 6.07. The Bertz CT molecular complexity index is 686. The van der Waals surface area contributed by atoms with E-state index in [9.17, 15) is 13.2 Å². The Labute approximate surface area is 137 Å². The van der Waals surface area contributed by atoms with Crippen molar-refractivity contribution in [2.75, 3.05) is 12.4 Å². The second-order valence-corrected chi connectivity index (χ2v) is 8.18. The molecule has 0 bridgehead atoms. The molecule has 1 aromatic rings. The van der Waals surface area contributed by atoms with Crippen molar-refractivity contribution in [3.8, 4) is 0 Å². The molecule has 23 heavy (non-hydrogen) atoms. The van der Waals surface area contributed by atoms with Crippen molar-refractivity contribution in [2.24, 2.45) is 0 Å². The zero-order valence-corrected chi connectivity index (χ0v) is 14.4. The van der Waals surface area contributed by atoms with Crippen LogP contribution >= 0.6 is 0 Å². The SMILES string of the molecule is Cc1ccc(S(=O)(=O)CCC(=O)/C=C/[C@@H]2COC(C)(C)O2)cc1. The van der Waals surface area contributed by atoms with Gasteiger partial charge in [0.05, 0.1) is 17.3 Å². The zero-order chi connectivity index (χ0) is 17.1. The van der Waals surface area contributed by atoms with Gasteiger partial charge in [-0.3, -0.25) is 4.79 Å². The summed E-state index contributed by atoms with van der Waals surface area (Å²) in [6.07, 6.45) is 2.67. The monoisotopic (exact) mass is 338 g/mol. The van der Waals surface area contributed by atoms with Gasteiger partial charge in [0.15, 0.2) is 21.4 Å². The Morgan fingerprint density at radius 3 is 2.52 bits per heavy atom. The third-order valence-corrected chi connectivity index (χ3v) is 5.26. The third-order valence-electron chi connectivity index (χ3n) is 3.52. The van der Waals surface area contributed by atoms with Gasteiger partial charge >= 0.3 is 0 Å². The van der Waals surface area contributed by atoms with Crippen molar-refractivity contribution in [2.45, 2.75) is 44.0 Å². The Kier molecular flexibility index (Phi) is 5.39. The highest BCUT2D eigenvalue weighted by molar-refractivity contribution is 7.91. The molecule has 1 aromatic carbocycles. The van der Waals surface area contributed by atoms with Crippen LogP contribution in [0.1, 0.15) is 25.8 Å². The maximum Gasteiger partial charge on any atom is 0.178 e. The fourth-order valence-electron chi connectivity index (χ4n) is 2.21. The van der Waals surface area contributed by atoms with Crippen molar-refractivity contribution >= 4 is 15.6 Å². The lowest BCUT2D eigenvalue weighted by Crippen LogP contribution is -2.20. The molecule has 5 nitrogen and oxygen atoms in total. The highest BCUT2D eigenvalue weighted by atomic mass is 32.2. The van der Waals surface area contributed by atoms with Crippen LogP contribution in [0.2, 0.25) is 0 Å². The smallest absolute Gasteiger partial charge is 0.178 e. The lowest BCUT2D eigenvalue weighted by Gasteiger charge is -2.15. The van der Waals surface area contributed by atoms with Crippen LogP contribution in [0.15, 0.2) is 41.3 Å². The number of rotatable bonds is 6. The predicted molar refractivity (Wildman–Crippen MR) is 86.9 cm³/mol. The molecule has 0 aromatic heterocycles. The van der Waals surface area contributed by atoms with Gasteiger partial charge in [-0.15, -0.1) is 0 Å². The van der Waals surface area contributed by atoms with E-state index >= 15 is 0 Å². The van der Waals surface area contributed by atoms with Crippen LogP contribution in [0.4, 0.5) is 0 Å². The topological polar surface area (TPSA) is 69.7 Å². The summed E-state index contributed by atoms with van der Waals surface area (Å²) in [5.41, 5.74) is 0.990. The summed E-state index contributed by atoms with van der Waals surface area (Å²) in [6.45, 7) is 5.88. The molecule has 1 aliphatic heterocycles. The third kappa shape index (κ3) is 5.27. The van der Waals surface area contributed by atoms with E-state index in [4.69, 9.17) is 9.47 Å². The molecule has 0 N–H and O–H groups in total. The lowest BCUT2D eigenvalue weighted by atomic mass is 10.2. The number of ether oxygens (including phenoxy) is 2. The normalized spacial score (nSPS) is 20.9. The van der Waals surface area contributed by atoms with E-state index < -0.39 is 15.6 Å². The van der Waals surface area contributed by atoms with Crippen LogP contribution in [-0.4, -0.2) is 38.5 Å². The predicted octanol–water partition coefficient (Wildman–Crippen LogP) is 2.44. The molecular weight excluding hydrogens is 316 g/mol. The number of aryl methyl sites for hydroxylation is 1. The quantitative estimate of drug-likeness (QED) is 0.745. The first kappa shape index (κ1) is 17.8. The van der Waals surface area contributed by atoms with Gasteiger partial charge in [-0.2, -0.15) is 0 Å². The molecule has 1 heterocycles. The summed E-state index contributed by atoms with van der Waals surface area (Å²) in [7, 11) is -3.44. The molecular formula is C17H22O5S. The van der Waals surface area contributed by atoms with Crippen LogP contribution in [-0.2, 0) is 24.1 Å². The van der Waals surface area contributed by atoms with Gasteiger partial charge in [-0.25, -0.2) is 8.42 Å². The van der Waals surface area contributed by atoms with Crippen molar-refractivity contribution in [1.29, 1.82) is 0 Å². The Hall–Kier alpha value is -1.50. The molecule has 0 amide bonds. The van der Waals surface area contributed by atoms with Crippen molar-refractivity contribution < 1.29 is 22.7 Å². The number of benzene rings is 1. The molecule has 2 rings (SSSR count). The molecule has 0 spiro atoms. The summed E-state index contributed by atoms with van der Waals surface area (Å²) < 4.78 is 35.3. The number of carbonyl (C=O) groups is 1. The highest BCUT2D eigenvalue weighted by Crippen LogP contribution is 2.22. The molecule has 1 aliphatic rings. The van der Waals surface area contributed by atoms with E-state index in [1.165, 1.54) is 6.08 Å². The van der Waals surface area contributed by atoms with E-state index in [-0.39, 0.29) is 29.0 Å². The first-order valence-corrected chi connectivity index (χ1v) is 9.15. The summed E-state index contributed by atoms with van der Waals surface area (Å²) in [4.78, 5) is 12.1. The fourth-order valence-corrected chi connectivity index (χ4v) is 3.46. The van der Waals surface area contributed by atoms with E-state index in [1.807, 2.05) is 6.92 Å². The van der Waals surface area contributed by atoms with Gasteiger partial charge in [-0.1, -0.05) is 17.7 Å². The van der Waals surface area contributed by atoms with Gasteiger partial charge in [-0.05, 0) is 45.1 Å². The van der Waals surface area contributed by atoms with Gasteiger partial charge in [0, 0.05) is 6.42 Å². The Balaban J connectivity index is 1.87. The molecule has 126 valence electrons. The molecule has 1 atom stereocenters. The minimum atomic E-state index is -3.44. The van der Waals surface area contributed by atoms with Crippen molar-refractivity contribution in [3.63, 3.8) is 0 Å². The van der Waals surface area contributed by atoms with Gasteiger partial charge in [0.25, 0.3) is 0 Å². The average molecular weight is 338 g/mol. The molecule has 1 fully saturated rings. The number of sulfone groups is 1. The van der Waals surface area contributed by atoms with Crippen LogP contribution in [0, 0.1) is 6.92 Å². The highest BCUT2D eigenvalue weighted by Gasteiger charge is 2.31. The Morgan fingerprint density at radius 2 is 1.96 bits per heavy atom. The van der Waals surface area contributed by atoms with Crippen LogP contribution < -0.4 is 0 Å². The minimum Gasteiger partial charge on any atom is -0.347 e. The standard InChI is InChI=1S/C17H22O5S/c1-13-4-8-16(9-5-13)23(19,20)11-10-14(18)6-7-15-12-21-17(2,3)22-15/h4-9,15H,10-12H2,1-3H3/b7-6+/t15-/m1/s1. The first-order valence-electron chi connectivity index (χ1n) is 7.50. The van der Waals surface area contributed by atoms with Gasteiger partial charge in [0.2, 0.25) is 0 Å². The average Bonchev–Trinajstić information content (AvgIpc) is 2.83. The summed E-state index contributed by atoms with van der Waals surface area (Å²) in [5, 5.41) is 0. The van der Waals surface area contributed by atoms with Crippen molar-refractivity contribution in [1.82, 2.24) is 0 Å². The lowest BCUT2D eigenvalue weighted by molar-refractivity contribution is -0.133. The largest absolute Gasteiger partial charge is 0.347 e. The summed E-state index contributed by atoms with van der Waals surface area (Å²) in [5.74, 6) is -1.09. The maximum atomic E-state index is 12.2. The Morgan fingerprint density at radius 1 is 1.30 bits per heavy atom. The summed E-state index contributed by atoms with van der Waals surface area (Å²) >= 11 is 0. The molecule has 1 saturated heterocycles. The van der Waals surface area contributed by atoms with E-state index in [1.54, 1.807) is 44.2 Å². The first-order chi connectivity index (χ1) is 10.7. The van der Waals surface area contributed by atoms with Crippen molar-refractivity contribution in [3.05, 3.63) is 42.0 Å². The maximum absolute atomic E-state index is 12.2. The number of allylic oxidation sites excluding steroid dienone is 1. The van der Waals surface area contributed by atoms with E-state index in [0.717, 1.165) is 5.56 Å².